The molecule has 4 fully saturated rings. The second-order valence-electron chi connectivity index (χ2n) is 8.07. The van der Waals surface area contributed by atoms with Crippen molar-refractivity contribution in [2.75, 3.05) is 0 Å². The normalized spacial score (nSPS) is 45.9. The molecule has 20 heavy (non-hydrogen) atoms. The summed E-state index contributed by atoms with van der Waals surface area (Å²) in [5, 5.41) is 9.80. The monoisotopic (exact) mass is 273 g/mol. The Labute approximate surface area is 122 Å². The van der Waals surface area contributed by atoms with Crippen molar-refractivity contribution in [1.82, 2.24) is 0 Å². The van der Waals surface area contributed by atoms with Gasteiger partial charge in [0.1, 0.15) is 0 Å². The zero-order valence-electron chi connectivity index (χ0n) is 12.6. The lowest BCUT2D eigenvalue weighted by Crippen LogP contribution is -2.35. The van der Waals surface area contributed by atoms with Crippen molar-refractivity contribution in [2.24, 2.45) is 17.3 Å². The van der Waals surface area contributed by atoms with E-state index in [1.54, 1.807) is 0 Å². The molecule has 2 nitrogen and oxygen atoms in total. The summed E-state index contributed by atoms with van der Waals surface area (Å²) in [7, 11) is 0. The number of hydrogen-bond acceptors (Lipinski definition) is 2. The topological polar surface area (TPSA) is 33.0 Å². The number of fused-ring (bicyclic) bond motifs is 2. The molecule has 0 aromatic carbocycles. The van der Waals surface area contributed by atoms with E-state index < -0.39 is 0 Å². The SMILES string of the molecule is N#CC1(CC2CCC3(CCCCC3)O2)CC2CCC1C2. The summed E-state index contributed by atoms with van der Waals surface area (Å²) >= 11 is 0. The van der Waals surface area contributed by atoms with Crippen molar-refractivity contribution in [2.45, 2.75) is 88.8 Å². The number of rotatable bonds is 2. The van der Waals surface area contributed by atoms with Crippen molar-refractivity contribution in [3.63, 3.8) is 0 Å². The summed E-state index contributed by atoms with van der Waals surface area (Å²) in [5.41, 5.74) is 0.199. The predicted octanol–water partition coefficient (Wildman–Crippen LogP) is 4.59. The van der Waals surface area contributed by atoms with Gasteiger partial charge in [-0.1, -0.05) is 25.7 Å². The van der Waals surface area contributed by atoms with Crippen LogP contribution in [0.3, 0.4) is 0 Å². The molecule has 2 bridgehead atoms. The Morgan fingerprint density at radius 3 is 2.55 bits per heavy atom. The zero-order valence-corrected chi connectivity index (χ0v) is 12.6. The molecule has 1 aliphatic heterocycles. The van der Waals surface area contributed by atoms with Crippen LogP contribution < -0.4 is 0 Å². The van der Waals surface area contributed by atoms with Crippen LogP contribution in [0.5, 0.6) is 0 Å². The van der Waals surface area contributed by atoms with E-state index in [0.717, 1.165) is 12.3 Å². The summed E-state index contributed by atoms with van der Waals surface area (Å²) < 4.78 is 6.54. The second kappa shape index (κ2) is 4.73. The van der Waals surface area contributed by atoms with Crippen molar-refractivity contribution >= 4 is 0 Å². The van der Waals surface area contributed by atoms with Crippen molar-refractivity contribution < 1.29 is 4.74 Å². The smallest absolute Gasteiger partial charge is 0.0693 e. The second-order valence-corrected chi connectivity index (χ2v) is 8.07. The molecule has 1 saturated heterocycles. The summed E-state index contributed by atoms with van der Waals surface area (Å²) in [5.74, 6) is 1.54. The number of nitrogens with zero attached hydrogens (tertiary/aromatic N) is 1. The molecule has 0 radical (unpaired) electrons. The van der Waals surface area contributed by atoms with E-state index in [1.165, 1.54) is 70.6 Å². The van der Waals surface area contributed by atoms with Crippen LogP contribution in [-0.2, 0) is 4.74 Å². The van der Waals surface area contributed by atoms with Crippen LogP contribution in [0.15, 0.2) is 0 Å². The van der Waals surface area contributed by atoms with Gasteiger partial charge in [-0.2, -0.15) is 5.26 Å². The third-order valence-electron chi connectivity index (χ3n) is 6.89. The summed E-state index contributed by atoms with van der Waals surface area (Å²) in [6.45, 7) is 0. The van der Waals surface area contributed by atoms with Crippen LogP contribution in [0, 0.1) is 28.6 Å². The molecule has 2 heteroatoms. The molecule has 3 saturated carbocycles. The Kier molecular flexibility index (Phi) is 3.11. The standard InChI is InChI=1S/C18H27NO/c19-13-17(11-14-4-5-15(17)10-14)12-16-6-9-18(20-16)7-2-1-3-8-18/h14-16H,1-12H2. The Morgan fingerprint density at radius 1 is 1.05 bits per heavy atom. The minimum atomic E-state index is -0.0201. The fraction of sp³-hybridized carbons (Fsp3) is 0.944. The van der Waals surface area contributed by atoms with Gasteiger partial charge in [-0.15, -0.1) is 0 Å². The minimum Gasteiger partial charge on any atom is -0.372 e. The fourth-order valence-electron chi connectivity index (χ4n) is 5.89. The quantitative estimate of drug-likeness (QED) is 0.737. The van der Waals surface area contributed by atoms with E-state index in [2.05, 4.69) is 6.07 Å². The molecule has 4 rings (SSSR count). The first-order chi connectivity index (χ1) is 9.74. The highest BCUT2D eigenvalue weighted by Gasteiger charge is 2.53. The molecule has 3 aliphatic carbocycles. The maximum Gasteiger partial charge on any atom is 0.0693 e. The number of hydrogen-bond donors (Lipinski definition) is 0. The van der Waals surface area contributed by atoms with Gasteiger partial charge in [0.15, 0.2) is 0 Å². The Balaban J connectivity index is 1.44. The molecule has 4 unspecified atom stereocenters. The van der Waals surface area contributed by atoms with Crippen molar-refractivity contribution in [3.8, 4) is 6.07 Å². The van der Waals surface area contributed by atoms with Crippen LogP contribution in [0.2, 0.25) is 0 Å². The van der Waals surface area contributed by atoms with Crippen LogP contribution >= 0.6 is 0 Å². The number of nitriles is 1. The van der Waals surface area contributed by atoms with Gasteiger partial charge in [0.25, 0.3) is 0 Å². The lowest BCUT2D eigenvalue weighted by Gasteiger charge is -2.36. The molecule has 0 N–H and O–H groups in total. The van der Waals surface area contributed by atoms with Gasteiger partial charge in [-0.05, 0) is 63.2 Å². The average Bonchev–Trinajstić information content (AvgIpc) is 3.16. The highest BCUT2D eigenvalue weighted by Crippen LogP contribution is 2.59. The largest absolute Gasteiger partial charge is 0.372 e. The van der Waals surface area contributed by atoms with Gasteiger partial charge >= 0.3 is 0 Å². The molecular formula is C18H27NO. The molecule has 0 aromatic rings. The van der Waals surface area contributed by atoms with Gasteiger partial charge in [0.2, 0.25) is 0 Å². The first kappa shape index (κ1) is 13.1. The third kappa shape index (κ3) is 2.01. The lowest BCUT2D eigenvalue weighted by molar-refractivity contribution is -0.0766. The van der Waals surface area contributed by atoms with Crippen LogP contribution in [-0.4, -0.2) is 11.7 Å². The van der Waals surface area contributed by atoms with Crippen LogP contribution in [0.4, 0.5) is 0 Å². The highest BCUT2D eigenvalue weighted by atomic mass is 16.5. The summed E-state index contributed by atoms with van der Waals surface area (Å²) in [6, 6.07) is 2.75. The number of ether oxygens (including phenoxy) is 1. The predicted molar refractivity (Wildman–Crippen MR) is 78.0 cm³/mol. The fourth-order valence-corrected chi connectivity index (χ4v) is 5.89. The first-order valence-corrected chi connectivity index (χ1v) is 8.83. The van der Waals surface area contributed by atoms with E-state index in [-0.39, 0.29) is 11.0 Å². The highest BCUT2D eigenvalue weighted by molar-refractivity contribution is 5.13. The summed E-state index contributed by atoms with van der Waals surface area (Å²) in [4.78, 5) is 0. The Morgan fingerprint density at radius 2 is 1.90 bits per heavy atom. The first-order valence-electron chi connectivity index (χ1n) is 8.83. The maximum absolute atomic E-state index is 9.80. The molecule has 4 aliphatic rings. The molecule has 110 valence electrons. The Bertz CT molecular complexity index is 420. The van der Waals surface area contributed by atoms with Gasteiger partial charge in [0.05, 0.1) is 23.2 Å². The lowest BCUT2D eigenvalue weighted by atomic mass is 9.70. The molecular weight excluding hydrogens is 246 g/mol. The third-order valence-corrected chi connectivity index (χ3v) is 6.89. The van der Waals surface area contributed by atoms with Gasteiger partial charge in [-0.3, -0.25) is 0 Å². The molecule has 1 heterocycles. The zero-order chi connectivity index (χ0) is 13.6. The van der Waals surface area contributed by atoms with Crippen molar-refractivity contribution in [1.29, 1.82) is 5.26 Å². The van der Waals surface area contributed by atoms with Gasteiger partial charge in [0, 0.05) is 0 Å². The summed E-state index contributed by atoms with van der Waals surface area (Å²) in [6.07, 6.45) is 15.7. The molecule has 1 spiro atoms. The maximum atomic E-state index is 9.80. The van der Waals surface area contributed by atoms with E-state index in [1.807, 2.05) is 0 Å². The molecule has 0 amide bonds. The molecule has 4 atom stereocenters. The van der Waals surface area contributed by atoms with Crippen molar-refractivity contribution in [3.05, 3.63) is 0 Å². The van der Waals surface area contributed by atoms with Gasteiger partial charge in [-0.25, -0.2) is 0 Å². The van der Waals surface area contributed by atoms with E-state index in [0.29, 0.717) is 12.0 Å². The minimum absolute atomic E-state index is 0.0201. The van der Waals surface area contributed by atoms with Crippen LogP contribution in [0.1, 0.15) is 77.0 Å². The molecule has 0 aromatic heterocycles. The van der Waals surface area contributed by atoms with Gasteiger partial charge < -0.3 is 4.74 Å². The van der Waals surface area contributed by atoms with E-state index in [4.69, 9.17) is 4.74 Å². The van der Waals surface area contributed by atoms with Crippen LogP contribution in [0.25, 0.3) is 0 Å². The van der Waals surface area contributed by atoms with E-state index in [9.17, 15) is 5.26 Å². The van der Waals surface area contributed by atoms with E-state index >= 15 is 0 Å². The average molecular weight is 273 g/mol. The Hall–Kier alpha value is -0.550.